The van der Waals surface area contributed by atoms with E-state index in [2.05, 4.69) is 5.32 Å². The van der Waals surface area contributed by atoms with Gasteiger partial charge in [-0.05, 0) is 36.2 Å². The molecule has 122 valence electrons. The highest BCUT2D eigenvalue weighted by Gasteiger charge is 2.03. The van der Waals surface area contributed by atoms with Crippen LogP contribution in [0.5, 0.6) is 5.75 Å². The Morgan fingerprint density at radius 3 is 2.65 bits per heavy atom. The summed E-state index contributed by atoms with van der Waals surface area (Å²) >= 11 is 0. The second-order valence-electron chi connectivity index (χ2n) is 5.07. The normalized spacial score (nSPS) is 10.3. The molecule has 0 fully saturated rings. The molecular weight excluding hydrogens is 297 g/mol. The molecule has 2 rings (SSSR count). The smallest absolute Gasteiger partial charge is 0.246 e. The van der Waals surface area contributed by atoms with Crippen LogP contribution in [0.1, 0.15) is 11.1 Å². The van der Waals surface area contributed by atoms with E-state index in [1.165, 1.54) is 6.07 Å². The summed E-state index contributed by atoms with van der Waals surface area (Å²) in [5.74, 6) is 0.306. The summed E-state index contributed by atoms with van der Waals surface area (Å²) in [4.78, 5) is 11.7. The number of carbonyl (C=O) groups is 1. The summed E-state index contributed by atoms with van der Waals surface area (Å²) in [7, 11) is 0. The van der Waals surface area contributed by atoms with E-state index in [1.807, 2.05) is 30.3 Å². The lowest BCUT2D eigenvalue weighted by Gasteiger charge is -2.08. The van der Waals surface area contributed by atoms with Crippen LogP contribution in [-0.2, 0) is 16.1 Å². The van der Waals surface area contributed by atoms with E-state index >= 15 is 0 Å². The average Bonchev–Trinajstić information content (AvgIpc) is 2.56. The van der Waals surface area contributed by atoms with Crippen LogP contribution in [0.2, 0.25) is 0 Å². The first-order valence-electron chi connectivity index (χ1n) is 7.42. The molecule has 0 heterocycles. The van der Waals surface area contributed by atoms with E-state index in [4.69, 9.17) is 9.47 Å². The second-order valence-corrected chi connectivity index (χ2v) is 5.07. The van der Waals surface area contributed by atoms with E-state index in [9.17, 15) is 9.18 Å². The third-order valence-electron chi connectivity index (χ3n) is 3.18. The van der Waals surface area contributed by atoms with Gasteiger partial charge in [0.15, 0.2) is 0 Å². The lowest BCUT2D eigenvalue weighted by molar-refractivity contribution is -0.126. The molecule has 0 radical (unpaired) electrons. The molecule has 0 aromatic heterocycles. The molecule has 0 spiro atoms. The molecular formula is C18H20FNO3. The van der Waals surface area contributed by atoms with Gasteiger partial charge in [-0.3, -0.25) is 4.79 Å². The lowest BCUT2D eigenvalue weighted by Crippen LogP contribution is -2.27. The summed E-state index contributed by atoms with van der Waals surface area (Å²) in [5, 5.41) is 2.73. The maximum absolute atomic E-state index is 13.1. The number of halogens is 1. The fourth-order valence-electron chi connectivity index (χ4n) is 1.97. The Kier molecular flexibility index (Phi) is 6.56. The lowest BCUT2D eigenvalue weighted by atomic mass is 10.1. The molecule has 1 amide bonds. The number of amides is 1. The Bertz CT molecular complexity index is 631. The van der Waals surface area contributed by atoms with E-state index in [-0.39, 0.29) is 18.3 Å². The average molecular weight is 317 g/mol. The first-order chi connectivity index (χ1) is 11.1. The van der Waals surface area contributed by atoms with Crippen LogP contribution in [0, 0.1) is 12.7 Å². The number of hydrogen-bond donors (Lipinski definition) is 1. The first kappa shape index (κ1) is 17.0. The number of aryl methyl sites for hydroxylation is 1. The van der Waals surface area contributed by atoms with Gasteiger partial charge in [-0.15, -0.1) is 0 Å². The van der Waals surface area contributed by atoms with Gasteiger partial charge < -0.3 is 14.8 Å². The number of rotatable bonds is 8. The molecule has 2 aromatic carbocycles. The summed E-state index contributed by atoms with van der Waals surface area (Å²) in [6.07, 6.45) is 0. The van der Waals surface area contributed by atoms with Crippen molar-refractivity contribution in [2.45, 2.75) is 13.5 Å². The Morgan fingerprint density at radius 2 is 1.91 bits per heavy atom. The quantitative estimate of drug-likeness (QED) is 0.762. The largest absolute Gasteiger partial charge is 0.491 e. The van der Waals surface area contributed by atoms with Gasteiger partial charge in [0.2, 0.25) is 5.91 Å². The highest BCUT2D eigenvalue weighted by molar-refractivity contribution is 5.77. The van der Waals surface area contributed by atoms with E-state index in [0.29, 0.717) is 25.3 Å². The van der Waals surface area contributed by atoms with Gasteiger partial charge in [-0.2, -0.15) is 0 Å². The van der Waals surface area contributed by atoms with Gasteiger partial charge in [0.1, 0.15) is 24.8 Å². The van der Waals surface area contributed by atoms with Gasteiger partial charge in [-0.25, -0.2) is 4.39 Å². The zero-order valence-electron chi connectivity index (χ0n) is 13.0. The number of benzene rings is 2. The van der Waals surface area contributed by atoms with E-state index < -0.39 is 0 Å². The van der Waals surface area contributed by atoms with Crippen molar-refractivity contribution in [2.24, 2.45) is 0 Å². The maximum atomic E-state index is 13.1. The van der Waals surface area contributed by atoms with Crippen molar-refractivity contribution in [3.63, 3.8) is 0 Å². The van der Waals surface area contributed by atoms with Crippen molar-refractivity contribution in [1.29, 1.82) is 0 Å². The van der Waals surface area contributed by atoms with Crippen LogP contribution in [0.4, 0.5) is 4.39 Å². The van der Waals surface area contributed by atoms with Crippen molar-refractivity contribution in [3.05, 3.63) is 65.5 Å². The monoisotopic (exact) mass is 317 g/mol. The summed E-state index contributed by atoms with van der Waals surface area (Å²) < 4.78 is 23.8. The number of hydrogen-bond acceptors (Lipinski definition) is 3. The predicted molar refractivity (Wildman–Crippen MR) is 85.7 cm³/mol. The Balaban J connectivity index is 1.59. The summed E-state index contributed by atoms with van der Waals surface area (Å²) in [6, 6.07) is 14.2. The van der Waals surface area contributed by atoms with Crippen molar-refractivity contribution < 1.29 is 18.7 Å². The molecule has 1 N–H and O–H groups in total. The highest BCUT2D eigenvalue weighted by Crippen LogP contribution is 2.09. The molecule has 0 bridgehead atoms. The van der Waals surface area contributed by atoms with Crippen LogP contribution in [0.25, 0.3) is 0 Å². The molecule has 0 saturated heterocycles. The topological polar surface area (TPSA) is 47.6 Å². The summed E-state index contributed by atoms with van der Waals surface area (Å²) in [6.45, 7) is 2.73. The number of nitrogens with one attached hydrogen (secondary N) is 1. The Morgan fingerprint density at radius 1 is 1.13 bits per heavy atom. The fourth-order valence-corrected chi connectivity index (χ4v) is 1.97. The molecule has 5 heteroatoms. The zero-order chi connectivity index (χ0) is 16.5. The maximum Gasteiger partial charge on any atom is 0.246 e. The second kappa shape index (κ2) is 8.90. The molecule has 2 aromatic rings. The Hall–Kier alpha value is -2.40. The van der Waals surface area contributed by atoms with Crippen LogP contribution in [0.3, 0.4) is 0 Å². The highest BCUT2D eigenvalue weighted by atomic mass is 19.1. The predicted octanol–water partition coefficient (Wildman–Crippen LogP) is 2.85. The standard InChI is InChI=1S/C18H20FNO3/c1-14-11-15(7-8-17(14)19)12-20-18(21)13-22-9-10-23-16-5-3-2-4-6-16/h2-8,11H,9-10,12-13H2,1H3,(H,20,21). The van der Waals surface area contributed by atoms with Crippen LogP contribution >= 0.6 is 0 Å². The van der Waals surface area contributed by atoms with Crippen molar-refractivity contribution in [1.82, 2.24) is 5.32 Å². The van der Waals surface area contributed by atoms with Gasteiger partial charge in [0, 0.05) is 6.54 Å². The minimum atomic E-state index is -0.248. The van der Waals surface area contributed by atoms with E-state index in [1.54, 1.807) is 19.1 Å². The minimum absolute atomic E-state index is 0.0294. The van der Waals surface area contributed by atoms with Crippen LogP contribution in [0.15, 0.2) is 48.5 Å². The molecule has 0 aliphatic heterocycles. The summed E-state index contributed by atoms with van der Waals surface area (Å²) in [5.41, 5.74) is 1.41. The molecule has 0 aliphatic carbocycles. The molecule has 0 unspecified atom stereocenters. The molecule has 23 heavy (non-hydrogen) atoms. The molecule has 0 atom stereocenters. The van der Waals surface area contributed by atoms with Crippen molar-refractivity contribution >= 4 is 5.91 Å². The number of carbonyl (C=O) groups excluding carboxylic acids is 1. The molecule has 0 aliphatic rings. The number of ether oxygens (including phenoxy) is 2. The van der Waals surface area contributed by atoms with Gasteiger partial charge >= 0.3 is 0 Å². The molecule has 0 saturated carbocycles. The van der Waals surface area contributed by atoms with E-state index in [0.717, 1.165) is 11.3 Å². The third-order valence-corrected chi connectivity index (χ3v) is 3.18. The van der Waals surface area contributed by atoms with Crippen molar-refractivity contribution in [3.8, 4) is 5.75 Å². The first-order valence-corrected chi connectivity index (χ1v) is 7.42. The third kappa shape index (κ3) is 6.08. The van der Waals surface area contributed by atoms with Crippen LogP contribution in [-0.4, -0.2) is 25.7 Å². The van der Waals surface area contributed by atoms with Gasteiger partial charge in [-0.1, -0.05) is 30.3 Å². The zero-order valence-corrected chi connectivity index (χ0v) is 13.0. The van der Waals surface area contributed by atoms with Crippen molar-refractivity contribution in [2.75, 3.05) is 19.8 Å². The molecule has 4 nitrogen and oxygen atoms in total. The van der Waals surface area contributed by atoms with Gasteiger partial charge in [0.25, 0.3) is 0 Å². The minimum Gasteiger partial charge on any atom is -0.491 e. The fraction of sp³-hybridized carbons (Fsp3) is 0.278. The Labute approximate surface area is 135 Å². The number of para-hydroxylation sites is 1. The van der Waals surface area contributed by atoms with Crippen LogP contribution < -0.4 is 10.1 Å². The van der Waals surface area contributed by atoms with Gasteiger partial charge in [0.05, 0.1) is 6.61 Å². The SMILES string of the molecule is Cc1cc(CNC(=O)COCCOc2ccccc2)ccc1F.